The number of nitrogens with zero attached hydrogens (tertiary/aromatic N) is 1. The number of pyridine rings is 2. The van der Waals surface area contributed by atoms with Crippen LogP contribution in [0.2, 0.25) is 0 Å². The van der Waals surface area contributed by atoms with Crippen molar-refractivity contribution in [2.45, 2.75) is 6.54 Å². The monoisotopic (exact) mass is 251 g/mol. The lowest BCUT2D eigenvalue weighted by molar-refractivity contribution is 1.03. The van der Waals surface area contributed by atoms with Crippen LogP contribution >= 0.6 is 0 Å². The van der Waals surface area contributed by atoms with Gasteiger partial charge in [-0.1, -0.05) is 24.3 Å². The fourth-order valence-electron chi connectivity index (χ4n) is 1.99. The van der Waals surface area contributed by atoms with E-state index in [4.69, 9.17) is 0 Å². The van der Waals surface area contributed by atoms with E-state index in [1.165, 1.54) is 0 Å². The van der Waals surface area contributed by atoms with E-state index in [1.54, 1.807) is 6.20 Å². The van der Waals surface area contributed by atoms with E-state index in [0.717, 1.165) is 11.1 Å². The number of hydrogen-bond donors (Lipinski definition) is 2. The second kappa shape index (κ2) is 4.94. The van der Waals surface area contributed by atoms with Gasteiger partial charge in [0.2, 0.25) is 0 Å². The number of fused-ring (bicyclic) bond motifs is 1. The minimum atomic E-state index is -0.0818. The number of aromatic amines is 1. The van der Waals surface area contributed by atoms with E-state index in [1.807, 2.05) is 48.5 Å². The molecule has 0 saturated heterocycles. The molecule has 0 aliphatic carbocycles. The standard InChI is InChI=1S/C15H13N3O/c19-15-13-7-2-1-5-11(13)9-14(18-15)17-10-12-6-3-4-8-16-12/h1-9H,10H2,(H2,17,18,19). The number of rotatable bonds is 3. The summed E-state index contributed by atoms with van der Waals surface area (Å²) >= 11 is 0. The highest BCUT2D eigenvalue weighted by Crippen LogP contribution is 2.13. The van der Waals surface area contributed by atoms with Crippen LogP contribution in [0.15, 0.2) is 59.5 Å². The molecule has 1 aromatic carbocycles. The van der Waals surface area contributed by atoms with Crippen molar-refractivity contribution in [3.8, 4) is 0 Å². The predicted octanol–water partition coefficient (Wildman–Crippen LogP) is 2.54. The van der Waals surface area contributed by atoms with E-state index >= 15 is 0 Å². The van der Waals surface area contributed by atoms with Crippen molar-refractivity contribution in [2.75, 3.05) is 5.32 Å². The first-order valence-corrected chi connectivity index (χ1v) is 6.09. The summed E-state index contributed by atoms with van der Waals surface area (Å²) < 4.78 is 0. The second-order valence-electron chi connectivity index (χ2n) is 4.27. The van der Waals surface area contributed by atoms with Crippen molar-refractivity contribution in [3.63, 3.8) is 0 Å². The van der Waals surface area contributed by atoms with Gasteiger partial charge in [-0.3, -0.25) is 9.78 Å². The Hall–Kier alpha value is -2.62. The highest BCUT2D eigenvalue weighted by Gasteiger charge is 2.01. The number of aromatic nitrogens is 2. The zero-order valence-electron chi connectivity index (χ0n) is 10.3. The lowest BCUT2D eigenvalue weighted by Gasteiger charge is -2.06. The average molecular weight is 251 g/mol. The number of benzene rings is 1. The first kappa shape index (κ1) is 11.5. The molecular weight excluding hydrogens is 238 g/mol. The summed E-state index contributed by atoms with van der Waals surface area (Å²) in [5.41, 5.74) is 0.845. The fraction of sp³-hybridized carbons (Fsp3) is 0.0667. The number of nitrogens with one attached hydrogen (secondary N) is 2. The minimum absolute atomic E-state index is 0.0818. The third kappa shape index (κ3) is 2.47. The van der Waals surface area contributed by atoms with Crippen molar-refractivity contribution in [1.82, 2.24) is 9.97 Å². The zero-order valence-corrected chi connectivity index (χ0v) is 10.3. The first-order valence-electron chi connectivity index (χ1n) is 6.09. The fourth-order valence-corrected chi connectivity index (χ4v) is 1.99. The Bertz CT molecular complexity index is 750. The van der Waals surface area contributed by atoms with Crippen LogP contribution in [-0.2, 0) is 6.54 Å². The Morgan fingerprint density at radius 1 is 1.11 bits per heavy atom. The van der Waals surface area contributed by atoms with Gasteiger partial charge in [-0.15, -0.1) is 0 Å². The molecule has 0 fully saturated rings. The van der Waals surface area contributed by atoms with Gasteiger partial charge in [0.1, 0.15) is 5.82 Å². The molecule has 4 heteroatoms. The van der Waals surface area contributed by atoms with Gasteiger partial charge in [-0.2, -0.15) is 0 Å². The normalized spacial score (nSPS) is 10.5. The highest BCUT2D eigenvalue weighted by molar-refractivity contribution is 5.83. The molecule has 19 heavy (non-hydrogen) atoms. The smallest absolute Gasteiger partial charge is 0.257 e. The summed E-state index contributed by atoms with van der Waals surface area (Å²) in [5, 5.41) is 4.80. The molecule has 0 amide bonds. The summed E-state index contributed by atoms with van der Waals surface area (Å²) in [6.07, 6.45) is 1.75. The van der Waals surface area contributed by atoms with Crippen LogP contribution in [0, 0.1) is 0 Å². The highest BCUT2D eigenvalue weighted by atomic mass is 16.1. The number of hydrogen-bond acceptors (Lipinski definition) is 3. The predicted molar refractivity (Wildman–Crippen MR) is 76.1 cm³/mol. The van der Waals surface area contributed by atoms with Crippen molar-refractivity contribution in [2.24, 2.45) is 0 Å². The van der Waals surface area contributed by atoms with Gasteiger partial charge < -0.3 is 10.3 Å². The summed E-state index contributed by atoms with van der Waals surface area (Å²) in [4.78, 5) is 18.9. The maximum atomic E-state index is 11.9. The van der Waals surface area contributed by atoms with Gasteiger partial charge in [0.15, 0.2) is 0 Å². The van der Waals surface area contributed by atoms with Gasteiger partial charge in [0, 0.05) is 11.6 Å². The van der Waals surface area contributed by atoms with Gasteiger partial charge in [0.25, 0.3) is 5.56 Å². The van der Waals surface area contributed by atoms with E-state index in [0.29, 0.717) is 17.7 Å². The zero-order chi connectivity index (χ0) is 13.1. The Morgan fingerprint density at radius 3 is 2.79 bits per heavy atom. The maximum absolute atomic E-state index is 11.9. The molecule has 94 valence electrons. The van der Waals surface area contributed by atoms with Crippen LogP contribution in [0.4, 0.5) is 5.82 Å². The summed E-state index contributed by atoms with van der Waals surface area (Å²) in [6.45, 7) is 0.578. The van der Waals surface area contributed by atoms with Crippen LogP contribution in [0.3, 0.4) is 0 Å². The van der Waals surface area contributed by atoms with Crippen molar-refractivity contribution in [1.29, 1.82) is 0 Å². The quantitative estimate of drug-likeness (QED) is 0.752. The van der Waals surface area contributed by atoms with E-state index in [2.05, 4.69) is 15.3 Å². The van der Waals surface area contributed by atoms with Crippen LogP contribution < -0.4 is 10.9 Å². The molecule has 3 aromatic rings. The van der Waals surface area contributed by atoms with Crippen LogP contribution in [0.5, 0.6) is 0 Å². The third-order valence-electron chi connectivity index (χ3n) is 2.94. The largest absolute Gasteiger partial charge is 0.366 e. The molecule has 0 aliphatic rings. The van der Waals surface area contributed by atoms with Gasteiger partial charge in [-0.25, -0.2) is 0 Å². The maximum Gasteiger partial charge on any atom is 0.257 e. The SMILES string of the molecule is O=c1[nH]c(NCc2ccccn2)cc2ccccc12. The molecule has 2 heterocycles. The molecule has 0 saturated carbocycles. The number of anilines is 1. The van der Waals surface area contributed by atoms with Crippen molar-refractivity contribution >= 4 is 16.6 Å². The van der Waals surface area contributed by atoms with E-state index in [-0.39, 0.29) is 5.56 Å². The lowest BCUT2D eigenvalue weighted by Crippen LogP contribution is -2.11. The van der Waals surface area contributed by atoms with E-state index < -0.39 is 0 Å². The second-order valence-corrected chi connectivity index (χ2v) is 4.27. The van der Waals surface area contributed by atoms with Crippen molar-refractivity contribution in [3.05, 3.63) is 70.8 Å². The van der Waals surface area contributed by atoms with E-state index in [9.17, 15) is 4.79 Å². The molecule has 3 rings (SSSR count). The van der Waals surface area contributed by atoms with Crippen molar-refractivity contribution < 1.29 is 0 Å². The molecule has 0 spiro atoms. The molecule has 0 unspecified atom stereocenters. The molecule has 0 aliphatic heterocycles. The Labute approximate surface area is 110 Å². The summed E-state index contributed by atoms with van der Waals surface area (Å²) in [7, 11) is 0. The minimum Gasteiger partial charge on any atom is -0.366 e. The van der Waals surface area contributed by atoms with Gasteiger partial charge in [-0.05, 0) is 29.7 Å². The molecule has 4 nitrogen and oxygen atoms in total. The topological polar surface area (TPSA) is 57.8 Å². The third-order valence-corrected chi connectivity index (χ3v) is 2.94. The molecule has 0 atom stereocenters. The lowest BCUT2D eigenvalue weighted by atomic mass is 10.2. The Balaban J connectivity index is 1.88. The van der Waals surface area contributed by atoms with Crippen LogP contribution in [0.25, 0.3) is 10.8 Å². The van der Waals surface area contributed by atoms with Crippen LogP contribution in [-0.4, -0.2) is 9.97 Å². The first-order chi connectivity index (χ1) is 9.33. The Morgan fingerprint density at radius 2 is 1.95 bits per heavy atom. The summed E-state index contributed by atoms with van der Waals surface area (Å²) in [5.74, 6) is 0.703. The molecular formula is C15H13N3O. The molecule has 0 radical (unpaired) electrons. The Kier molecular flexibility index (Phi) is 2.98. The molecule has 2 aromatic heterocycles. The van der Waals surface area contributed by atoms with Gasteiger partial charge >= 0.3 is 0 Å². The number of H-pyrrole nitrogens is 1. The summed E-state index contributed by atoms with van der Waals surface area (Å²) in [6, 6.07) is 15.2. The molecule has 0 bridgehead atoms. The van der Waals surface area contributed by atoms with Crippen LogP contribution in [0.1, 0.15) is 5.69 Å². The average Bonchev–Trinajstić information content (AvgIpc) is 2.46. The molecule has 2 N–H and O–H groups in total. The van der Waals surface area contributed by atoms with Gasteiger partial charge in [0.05, 0.1) is 12.2 Å².